The zero-order valence-corrected chi connectivity index (χ0v) is 33.5. The molecule has 0 amide bonds. The maximum Gasteiger partial charge on any atom is 0.143 e. The summed E-state index contributed by atoms with van der Waals surface area (Å²) in [5.74, 6) is 0. The third-order valence-electron chi connectivity index (χ3n) is 12.3. The Labute approximate surface area is 350 Å². The van der Waals surface area contributed by atoms with Gasteiger partial charge in [-0.15, -0.1) is 0 Å². The molecule has 10 aromatic rings. The fourth-order valence-corrected chi connectivity index (χ4v) is 9.13. The number of hydrogen-bond donors (Lipinski definition) is 2. The highest BCUT2D eigenvalue weighted by atomic mass is 16.3. The van der Waals surface area contributed by atoms with Crippen molar-refractivity contribution >= 4 is 44.7 Å². The monoisotopic (exact) mass is 770 g/mol. The van der Waals surface area contributed by atoms with E-state index in [0.717, 1.165) is 61.4 Å². The Morgan fingerprint density at radius 1 is 0.350 bits per heavy atom. The highest BCUT2D eigenvalue weighted by molar-refractivity contribution is 6.11. The first-order valence-corrected chi connectivity index (χ1v) is 20.7. The smallest absolute Gasteiger partial charge is 0.143 e. The highest BCUT2D eigenvalue weighted by Gasteiger charge is 2.35. The van der Waals surface area contributed by atoms with Gasteiger partial charge in [0.2, 0.25) is 0 Å². The number of furan rings is 1. The van der Waals surface area contributed by atoms with Crippen molar-refractivity contribution in [3.8, 4) is 55.6 Å². The third-order valence-corrected chi connectivity index (χ3v) is 12.3. The average Bonchev–Trinajstić information content (AvgIpc) is 3.78. The van der Waals surface area contributed by atoms with Crippen LogP contribution in [-0.2, 0) is 5.41 Å². The van der Waals surface area contributed by atoms with E-state index in [0.29, 0.717) is 0 Å². The largest absolute Gasteiger partial charge is 0.455 e. The summed E-state index contributed by atoms with van der Waals surface area (Å²) in [6.07, 6.45) is 0. The van der Waals surface area contributed by atoms with Crippen molar-refractivity contribution in [3.63, 3.8) is 0 Å². The molecule has 2 N–H and O–H groups in total. The summed E-state index contributed by atoms with van der Waals surface area (Å²) in [6.45, 7) is 4.68. The SMILES string of the molecule is CC1(C)c2ccc(-c3ccc4c(c3)oc3c(-c5ccccc5Nc5ccc(-c6ccccc6)cc5)cccc34)cc2-c2ccc(Nc3cccc(-c4ccccc4)c3)cc21. The van der Waals surface area contributed by atoms with E-state index in [-0.39, 0.29) is 5.41 Å². The molecule has 0 radical (unpaired) electrons. The molecule has 1 aliphatic carbocycles. The predicted octanol–water partition coefficient (Wildman–Crippen LogP) is 16.0. The van der Waals surface area contributed by atoms with Gasteiger partial charge in [-0.1, -0.05) is 159 Å². The van der Waals surface area contributed by atoms with Crippen LogP contribution in [0.15, 0.2) is 211 Å². The molecule has 3 nitrogen and oxygen atoms in total. The van der Waals surface area contributed by atoms with E-state index in [1.54, 1.807) is 0 Å². The summed E-state index contributed by atoms with van der Waals surface area (Å²) >= 11 is 0. The maximum atomic E-state index is 6.81. The van der Waals surface area contributed by atoms with Gasteiger partial charge < -0.3 is 15.1 Å². The lowest BCUT2D eigenvalue weighted by atomic mass is 9.82. The van der Waals surface area contributed by atoms with E-state index in [4.69, 9.17) is 4.42 Å². The van der Waals surface area contributed by atoms with Crippen LogP contribution in [0.5, 0.6) is 0 Å². The molecule has 1 aliphatic rings. The molecule has 1 aromatic heterocycles. The van der Waals surface area contributed by atoms with Gasteiger partial charge >= 0.3 is 0 Å². The van der Waals surface area contributed by atoms with E-state index in [1.165, 1.54) is 50.1 Å². The second kappa shape index (κ2) is 14.3. The number of hydrogen-bond acceptors (Lipinski definition) is 3. The molecule has 0 bridgehead atoms. The van der Waals surface area contributed by atoms with Gasteiger partial charge in [0.05, 0.1) is 0 Å². The van der Waals surface area contributed by atoms with Crippen molar-refractivity contribution in [1.29, 1.82) is 0 Å². The van der Waals surface area contributed by atoms with Crippen LogP contribution in [0, 0.1) is 0 Å². The number of anilines is 4. The first kappa shape index (κ1) is 35.5. The quantitative estimate of drug-likeness (QED) is 0.162. The minimum Gasteiger partial charge on any atom is -0.455 e. The van der Waals surface area contributed by atoms with Crippen molar-refractivity contribution in [3.05, 3.63) is 217 Å². The molecule has 0 atom stereocenters. The van der Waals surface area contributed by atoms with E-state index >= 15 is 0 Å². The first-order chi connectivity index (χ1) is 29.5. The van der Waals surface area contributed by atoms with Gasteiger partial charge in [0.15, 0.2) is 0 Å². The Morgan fingerprint density at radius 3 is 1.77 bits per heavy atom. The third kappa shape index (κ3) is 6.23. The average molecular weight is 771 g/mol. The molecule has 0 fully saturated rings. The number of nitrogens with one attached hydrogen (secondary N) is 2. The van der Waals surface area contributed by atoms with Crippen molar-refractivity contribution in [2.24, 2.45) is 0 Å². The molecule has 0 spiro atoms. The molecule has 0 saturated carbocycles. The van der Waals surface area contributed by atoms with Gasteiger partial charge in [-0.3, -0.25) is 0 Å². The minimum absolute atomic E-state index is 0.136. The predicted molar refractivity (Wildman–Crippen MR) is 252 cm³/mol. The van der Waals surface area contributed by atoms with Crippen LogP contribution in [0.2, 0.25) is 0 Å². The fraction of sp³-hybridized carbons (Fsp3) is 0.0526. The number of benzene rings is 9. The van der Waals surface area contributed by atoms with E-state index < -0.39 is 0 Å². The van der Waals surface area contributed by atoms with Gasteiger partial charge in [-0.05, 0) is 116 Å². The van der Waals surface area contributed by atoms with Crippen LogP contribution in [0.25, 0.3) is 77.6 Å². The summed E-state index contributed by atoms with van der Waals surface area (Å²) in [4.78, 5) is 0. The van der Waals surface area contributed by atoms with Crippen LogP contribution in [0.4, 0.5) is 22.7 Å². The van der Waals surface area contributed by atoms with Gasteiger partial charge in [0, 0.05) is 50.1 Å². The second-order valence-corrected chi connectivity index (χ2v) is 16.3. The molecule has 11 rings (SSSR count). The van der Waals surface area contributed by atoms with Crippen LogP contribution in [0.1, 0.15) is 25.0 Å². The Kier molecular flexibility index (Phi) is 8.49. The normalized spacial score (nSPS) is 12.6. The molecule has 3 heteroatoms. The molecule has 0 saturated heterocycles. The number of rotatable bonds is 8. The topological polar surface area (TPSA) is 37.2 Å². The van der Waals surface area contributed by atoms with Gasteiger partial charge in [-0.2, -0.15) is 0 Å². The molecular weight excluding hydrogens is 729 g/mol. The molecule has 0 aliphatic heterocycles. The summed E-state index contributed by atoms with van der Waals surface area (Å²) in [5, 5.41) is 9.60. The lowest BCUT2D eigenvalue weighted by Crippen LogP contribution is -2.15. The summed E-state index contributed by atoms with van der Waals surface area (Å²) < 4.78 is 6.81. The Hall–Kier alpha value is -7.62. The van der Waals surface area contributed by atoms with Crippen LogP contribution >= 0.6 is 0 Å². The summed E-state index contributed by atoms with van der Waals surface area (Å²) in [6, 6.07) is 73.6. The molecule has 9 aromatic carbocycles. The van der Waals surface area contributed by atoms with Gasteiger partial charge in [0.1, 0.15) is 11.2 Å². The molecule has 60 heavy (non-hydrogen) atoms. The zero-order chi connectivity index (χ0) is 40.2. The molecule has 0 unspecified atom stereocenters. The lowest BCUT2D eigenvalue weighted by molar-refractivity contribution is 0.660. The van der Waals surface area contributed by atoms with Crippen molar-refractivity contribution < 1.29 is 4.42 Å². The Bertz CT molecular complexity index is 3210. The molecule has 1 heterocycles. The van der Waals surface area contributed by atoms with Crippen molar-refractivity contribution in [2.75, 3.05) is 10.6 Å². The summed E-state index contributed by atoms with van der Waals surface area (Å²) in [5.41, 5.74) is 20.4. The fourth-order valence-electron chi connectivity index (χ4n) is 9.13. The lowest BCUT2D eigenvalue weighted by Gasteiger charge is -2.22. The molecule has 286 valence electrons. The van der Waals surface area contributed by atoms with Crippen LogP contribution in [-0.4, -0.2) is 0 Å². The standard InChI is InChI=1S/C57H42N2O/c1-57(2)52-32-26-41(34-51(52)46-31-29-45(36-53(46)57)58-44-18-11-17-40(33-44)38-15-7-4-8-16-38)42-25-30-48-50-21-12-20-49(56(50)60-55(48)35-42)47-19-9-10-22-54(47)59-43-27-23-39(24-28-43)37-13-5-3-6-14-37/h3-36,58-59H,1-2H3. The van der Waals surface area contributed by atoms with E-state index in [9.17, 15) is 0 Å². The van der Waals surface area contributed by atoms with Crippen LogP contribution in [0.3, 0.4) is 0 Å². The minimum atomic E-state index is -0.136. The van der Waals surface area contributed by atoms with Gasteiger partial charge in [0.25, 0.3) is 0 Å². The first-order valence-electron chi connectivity index (χ1n) is 20.7. The van der Waals surface area contributed by atoms with E-state index in [2.05, 4.69) is 225 Å². The number of fused-ring (bicyclic) bond motifs is 6. The molecular formula is C57H42N2O. The maximum absolute atomic E-state index is 6.81. The zero-order valence-electron chi connectivity index (χ0n) is 33.5. The summed E-state index contributed by atoms with van der Waals surface area (Å²) in [7, 11) is 0. The van der Waals surface area contributed by atoms with Crippen molar-refractivity contribution in [2.45, 2.75) is 19.3 Å². The van der Waals surface area contributed by atoms with E-state index in [1.807, 2.05) is 6.07 Å². The van der Waals surface area contributed by atoms with Gasteiger partial charge in [-0.25, -0.2) is 0 Å². The Balaban J connectivity index is 0.896. The highest BCUT2D eigenvalue weighted by Crippen LogP contribution is 2.51. The Morgan fingerprint density at radius 2 is 0.950 bits per heavy atom. The van der Waals surface area contributed by atoms with Crippen molar-refractivity contribution in [1.82, 2.24) is 0 Å². The van der Waals surface area contributed by atoms with Crippen LogP contribution < -0.4 is 10.6 Å². The second-order valence-electron chi connectivity index (χ2n) is 16.3. The number of para-hydroxylation sites is 2.